The normalized spacial score (nSPS) is 11.8. The van der Waals surface area contributed by atoms with Gasteiger partial charge in [0.1, 0.15) is 28.6 Å². The van der Waals surface area contributed by atoms with E-state index in [9.17, 15) is 20.1 Å². The van der Waals surface area contributed by atoms with Gasteiger partial charge in [0, 0.05) is 11.6 Å². The number of amides is 1. The molecule has 0 atom stereocenters. The number of aromatic hydroxyl groups is 3. The summed E-state index contributed by atoms with van der Waals surface area (Å²) in [4.78, 5) is 12.5. The second-order valence-corrected chi connectivity index (χ2v) is 11.1. The van der Waals surface area contributed by atoms with Crippen LogP contribution in [0.4, 0.5) is 11.4 Å². The van der Waals surface area contributed by atoms with Crippen molar-refractivity contribution < 1.29 is 24.6 Å². The minimum atomic E-state index is -0.263. The van der Waals surface area contributed by atoms with E-state index in [1.165, 1.54) is 75.6 Å². The molecular formula is C30H47N4O4+. The van der Waals surface area contributed by atoms with Crippen LogP contribution in [0.25, 0.3) is 0 Å². The molecule has 1 amide bonds. The third-order valence-electron chi connectivity index (χ3n) is 6.55. The lowest BCUT2D eigenvalue weighted by Crippen LogP contribution is -2.41. The molecule has 0 bridgehead atoms. The van der Waals surface area contributed by atoms with Crippen LogP contribution in [0.2, 0.25) is 0 Å². The van der Waals surface area contributed by atoms with E-state index in [1.54, 1.807) is 6.07 Å². The molecule has 0 aliphatic heterocycles. The molecule has 4 N–H and O–H groups in total. The Balaban J connectivity index is 1.93. The van der Waals surface area contributed by atoms with Crippen LogP contribution in [0.5, 0.6) is 17.2 Å². The van der Waals surface area contributed by atoms with E-state index in [4.69, 9.17) is 0 Å². The highest BCUT2D eigenvalue weighted by Gasteiger charge is 2.13. The van der Waals surface area contributed by atoms with Crippen molar-refractivity contribution in [3.05, 3.63) is 41.5 Å². The standard InChI is InChI=1S/C30H46N4O4/c1-5-6-7-8-9-10-11-12-13-14-15-23-20-26(29(37)22-28(23)36)33-32-25-21-24(16-17-27(25)35)30(38)31-18-19-34(2,3)4/h16-17,20-22H,5-15,18-19H2,1-4H3,(H3-,31,32,33,35,36,37,38)/p+1. The van der Waals surface area contributed by atoms with Gasteiger partial charge < -0.3 is 25.1 Å². The number of rotatable bonds is 17. The van der Waals surface area contributed by atoms with Crippen LogP contribution >= 0.6 is 0 Å². The Bertz CT molecular complexity index is 1050. The van der Waals surface area contributed by atoms with E-state index in [0.717, 1.165) is 23.9 Å². The number of aryl methyl sites for hydroxylation is 1. The zero-order valence-corrected chi connectivity index (χ0v) is 23.7. The quantitative estimate of drug-likeness (QED) is 0.0996. The Labute approximate surface area is 228 Å². The van der Waals surface area contributed by atoms with Crippen LogP contribution < -0.4 is 5.32 Å². The molecule has 0 radical (unpaired) electrons. The highest BCUT2D eigenvalue weighted by molar-refractivity contribution is 5.95. The molecule has 0 aliphatic carbocycles. The average Bonchev–Trinajstić information content (AvgIpc) is 2.85. The van der Waals surface area contributed by atoms with Crippen molar-refractivity contribution in [1.29, 1.82) is 0 Å². The number of likely N-dealkylation sites (N-methyl/N-ethyl adjacent to an activating group) is 1. The fraction of sp³-hybridized carbons (Fsp3) is 0.567. The number of hydrogen-bond donors (Lipinski definition) is 4. The molecule has 0 heterocycles. The van der Waals surface area contributed by atoms with Gasteiger partial charge in [-0.2, -0.15) is 0 Å². The number of hydrogen-bond acceptors (Lipinski definition) is 6. The number of phenols is 3. The molecule has 0 spiro atoms. The number of unbranched alkanes of at least 4 members (excludes halogenated alkanes) is 9. The second kappa shape index (κ2) is 16.0. The number of nitrogens with one attached hydrogen (secondary N) is 1. The highest BCUT2D eigenvalue weighted by Crippen LogP contribution is 2.36. The molecule has 0 saturated heterocycles. The summed E-state index contributed by atoms with van der Waals surface area (Å²) in [5.41, 5.74) is 1.37. The van der Waals surface area contributed by atoms with Crippen molar-refractivity contribution >= 4 is 17.3 Å². The maximum Gasteiger partial charge on any atom is 0.251 e. The lowest BCUT2D eigenvalue weighted by Gasteiger charge is -2.23. The maximum absolute atomic E-state index is 12.5. The third-order valence-corrected chi connectivity index (χ3v) is 6.55. The van der Waals surface area contributed by atoms with Gasteiger partial charge in [0.25, 0.3) is 5.91 Å². The number of nitrogens with zero attached hydrogens (tertiary/aromatic N) is 3. The Morgan fingerprint density at radius 2 is 1.34 bits per heavy atom. The third kappa shape index (κ3) is 11.5. The van der Waals surface area contributed by atoms with E-state index in [2.05, 4.69) is 22.5 Å². The predicted octanol–water partition coefficient (Wildman–Crippen LogP) is 7.12. The van der Waals surface area contributed by atoms with Gasteiger partial charge in [-0.3, -0.25) is 4.79 Å². The van der Waals surface area contributed by atoms with Crippen molar-refractivity contribution in [1.82, 2.24) is 5.32 Å². The van der Waals surface area contributed by atoms with E-state index in [1.807, 2.05) is 21.1 Å². The summed E-state index contributed by atoms with van der Waals surface area (Å²) in [7, 11) is 6.14. The summed E-state index contributed by atoms with van der Waals surface area (Å²) in [5.74, 6) is -0.554. The lowest BCUT2D eigenvalue weighted by atomic mass is 10.0. The Morgan fingerprint density at radius 1 is 0.763 bits per heavy atom. The summed E-state index contributed by atoms with van der Waals surface area (Å²) >= 11 is 0. The number of phenolic OH excluding ortho intramolecular Hbond substituents is 3. The first-order valence-corrected chi connectivity index (χ1v) is 14.0. The highest BCUT2D eigenvalue weighted by atomic mass is 16.3. The van der Waals surface area contributed by atoms with Crippen molar-refractivity contribution in [2.45, 2.75) is 77.6 Å². The molecule has 8 nitrogen and oxygen atoms in total. The fourth-order valence-corrected chi connectivity index (χ4v) is 4.15. The van der Waals surface area contributed by atoms with E-state index in [0.29, 0.717) is 24.1 Å². The van der Waals surface area contributed by atoms with Gasteiger partial charge in [-0.15, -0.1) is 10.2 Å². The van der Waals surface area contributed by atoms with Gasteiger partial charge in [0.2, 0.25) is 0 Å². The van der Waals surface area contributed by atoms with Crippen LogP contribution in [0.15, 0.2) is 40.6 Å². The SMILES string of the molecule is CCCCCCCCCCCCc1cc(N=Nc2cc(C(=O)NCC[N+](C)(C)C)ccc2O)c(O)cc1O. The molecular weight excluding hydrogens is 480 g/mol. The second-order valence-electron chi connectivity index (χ2n) is 11.1. The molecule has 2 aromatic rings. The number of quaternary nitrogens is 1. The Morgan fingerprint density at radius 3 is 1.95 bits per heavy atom. The number of benzene rings is 2. The summed E-state index contributed by atoms with van der Waals surface area (Å²) < 4.78 is 0.729. The van der Waals surface area contributed by atoms with Gasteiger partial charge in [0.05, 0.1) is 34.2 Å². The summed E-state index contributed by atoms with van der Waals surface area (Å²) in [6.45, 7) is 3.53. The predicted molar refractivity (Wildman–Crippen MR) is 153 cm³/mol. The molecule has 2 aromatic carbocycles. The summed E-state index contributed by atoms with van der Waals surface area (Å²) in [6.07, 6.45) is 13.0. The van der Waals surface area contributed by atoms with E-state index >= 15 is 0 Å². The summed E-state index contributed by atoms with van der Waals surface area (Å²) in [5, 5.41) is 41.8. The zero-order valence-electron chi connectivity index (χ0n) is 23.7. The fourth-order valence-electron chi connectivity index (χ4n) is 4.15. The molecule has 0 saturated carbocycles. The topological polar surface area (TPSA) is 115 Å². The Kier molecular flexibility index (Phi) is 13.1. The van der Waals surface area contributed by atoms with Crippen LogP contribution in [0.1, 0.15) is 87.1 Å². The van der Waals surface area contributed by atoms with Crippen LogP contribution in [-0.4, -0.2) is 59.9 Å². The maximum atomic E-state index is 12.5. The Hall–Kier alpha value is -3.13. The minimum absolute atomic E-state index is 0.0350. The van der Waals surface area contributed by atoms with Crippen LogP contribution in [-0.2, 0) is 6.42 Å². The molecule has 8 heteroatoms. The van der Waals surface area contributed by atoms with Crippen molar-refractivity contribution in [3.8, 4) is 17.2 Å². The molecule has 0 aromatic heterocycles. The number of azo groups is 1. The molecule has 2 rings (SSSR count). The molecule has 0 aliphatic rings. The number of carbonyl (C=O) groups excluding carboxylic acids is 1. The van der Waals surface area contributed by atoms with Crippen LogP contribution in [0, 0.1) is 0 Å². The first-order valence-electron chi connectivity index (χ1n) is 14.0. The van der Waals surface area contributed by atoms with Crippen molar-refractivity contribution in [2.75, 3.05) is 34.2 Å². The van der Waals surface area contributed by atoms with Gasteiger partial charge in [0.15, 0.2) is 0 Å². The smallest absolute Gasteiger partial charge is 0.251 e. The van der Waals surface area contributed by atoms with E-state index < -0.39 is 0 Å². The van der Waals surface area contributed by atoms with Crippen molar-refractivity contribution in [3.63, 3.8) is 0 Å². The van der Waals surface area contributed by atoms with Crippen LogP contribution in [0.3, 0.4) is 0 Å². The molecule has 210 valence electrons. The lowest BCUT2D eigenvalue weighted by molar-refractivity contribution is -0.869. The average molecular weight is 528 g/mol. The zero-order chi connectivity index (χ0) is 28.0. The first kappa shape index (κ1) is 31.1. The van der Waals surface area contributed by atoms with Gasteiger partial charge in [-0.25, -0.2) is 0 Å². The molecule has 0 unspecified atom stereocenters. The first-order chi connectivity index (χ1) is 18.1. The van der Waals surface area contributed by atoms with Gasteiger partial charge >= 0.3 is 0 Å². The summed E-state index contributed by atoms with van der Waals surface area (Å²) in [6, 6.07) is 7.29. The minimum Gasteiger partial charge on any atom is -0.508 e. The van der Waals surface area contributed by atoms with Gasteiger partial charge in [-0.05, 0) is 42.7 Å². The van der Waals surface area contributed by atoms with Gasteiger partial charge in [-0.1, -0.05) is 64.7 Å². The van der Waals surface area contributed by atoms with E-state index in [-0.39, 0.29) is 34.5 Å². The molecule has 0 fully saturated rings. The monoisotopic (exact) mass is 527 g/mol. The number of carbonyl (C=O) groups is 1. The largest absolute Gasteiger partial charge is 0.508 e. The molecule has 38 heavy (non-hydrogen) atoms. The van der Waals surface area contributed by atoms with Crippen molar-refractivity contribution in [2.24, 2.45) is 10.2 Å².